The predicted octanol–water partition coefficient (Wildman–Crippen LogP) is 2.07. The van der Waals surface area contributed by atoms with Gasteiger partial charge in [-0.3, -0.25) is 4.79 Å². The highest BCUT2D eigenvalue weighted by Gasteiger charge is 2.38. The lowest BCUT2D eigenvalue weighted by Crippen LogP contribution is -2.48. The quantitative estimate of drug-likeness (QED) is 0.603. The molecular weight excluding hydrogens is 506 g/mol. The Morgan fingerprint density at radius 1 is 1.37 bits per heavy atom. The average Bonchev–Trinajstić information content (AvgIpc) is 2.86. The minimum Gasteiger partial charge on any atom is -0.379 e. The standard InChI is InChI=1S/C21H23ClF2N6O4S/c22-19-16(27-12-21(24)5-1-7-34-13-21)10-28-30(20(19)31)17-4-6-29(11-15(17)23)35(32,33)18-3-2-14(8-25)9-26-18/h2-3,9-10,15,17,27H,1,4-7,11-13H2/t15-,17-,21+/m1/s1. The van der Waals surface area contributed by atoms with Gasteiger partial charge in [0, 0.05) is 25.9 Å². The molecule has 0 saturated carbocycles. The SMILES string of the molecule is N#Cc1ccc(S(=O)(=O)N2CC[C@@H](n3ncc(NC[C@@]4(F)CCCOC4)c(Cl)c3=O)[C@H](F)C2)nc1. The summed E-state index contributed by atoms with van der Waals surface area (Å²) >= 11 is 6.18. The molecule has 3 atom stereocenters. The van der Waals surface area contributed by atoms with Crippen LogP contribution in [-0.4, -0.2) is 72.2 Å². The number of piperidine rings is 1. The van der Waals surface area contributed by atoms with Crippen LogP contribution in [0.1, 0.15) is 30.9 Å². The molecule has 2 aliphatic heterocycles. The van der Waals surface area contributed by atoms with Gasteiger partial charge in [-0.15, -0.1) is 0 Å². The van der Waals surface area contributed by atoms with Crippen LogP contribution in [0, 0.1) is 11.3 Å². The molecule has 2 fully saturated rings. The number of sulfonamides is 1. The molecule has 35 heavy (non-hydrogen) atoms. The van der Waals surface area contributed by atoms with Crippen molar-refractivity contribution in [3.63, 3.8) is 0 Å². The van der Waals surface area contributed by atoms with Gasteiger partial charge in [-0.1, -0.05) is 11.6 Å². The van der Waals surface area contributed by atoms with Crippen molar-refractivity contribution < 1.29 is 21.9 Å². The number of halogens is 3. The first-order chi connectivity index (χ1) is 16.6. The Balaban J connectivity index is 1.46. The van der Waals surface area contributed by atoms with Gasteiger partial charge in [-0.25, -0.2) is 26.9 Å². The van der Waals surface area contributed by atoms with Crippen LogP contribution in [0.2, 0.25) is 5.02 Å². The number of nitriles is 1. The third-order valence-corrected chi connectivity index (χ3v) is 8.21. The van der Waals surface area contributed by atoms with Crippen molar-refractivity contribution in [3.8, 4) is 6.07 Å². The summed E-state index contributed by atoms with van der Waals surface area (Å²) in [6, 6.07) is 3.31. The number of pyridine rings is 1. The Morgan fingerprint density at radius 2 is 2.17 bits per heavy atom. The fraction of sp³-hybridized carbons (Fsp3) is 0.524. The Kier molecular flexibility index (Phi) is 7.37. The summed E-state index contributed by atoms with van der Waals surface area (Å²) in [5.41, 5.74) is -2.04. The van der Waals surface area contributed by atoms with Gasteiger partial charge in [0.05, 0.1) is 36.6 Å². The molecular formula is C21H23ClF2N6O4S. The summed E-state index contributed by atoms with van der Waals surface area (Å²) < 4.78 is 62.5. The van der Waals surface area contributed by atoms with Crippen LogP contribution in [0.3, 0.4) is 0 Å². The monoisotopic (exact) mass is 528 g/mol. The molecule has 0 aliphatic carbocycles. The first-order valence-electron chi connectivity index (χ1n) is 10.9. The minimum absolute atomic E-state index is 0.0301. The molecule has 4 rings (SSSR count). The van der Waals surface area contributed by atoms with Crippen molar-refractivity contribution >= 4 is 27.3 Å². The maximum atomic E-state index is 15.1. The lowest BCUT2D eigenvalue weighted by molar-refractivity contribution is -0.0234. The van der Waals surface area contributed by atoms with Gasteiger partial charge >= 0.3 is 0 Å². The molecule has 2 saturated heterocycles. The molecule has 2 aliphatic rings. The summed E-state index contributed by atoms with van der Waals surface area (Å²) in [7, 11) is -4.09. The predicted molar refractivity (Wildman–Crippen MR) is 122 cm³/mol. The Labute approximate surface area is 205 Å². The van der Waals surface area contributed by atoms with Crippen LogP contribution in [0.25, 0.3) is 0 Å². The highest BCUT2D eigenvalue weighted by Crippen LogP contribution is 2.29. The van der Waals surface area contributed by atoms with E-state index in [1.54, 1.807) is 0 Å². The fourth-order valence-electron chi connectivity index (χ4n) is 4.11. The summed E-state index contributed by atoms with van der Waals surface area (Å²) in [5.74, 6) is 0. The normalized spacial score (nSPS) is 25.7. The largest absolute Gasteiger partial charge is 0.379 e. The molecule has 0 unspecified atom stereocenters. The van der Waals surface area contributed by atoms with E-state index in [4.69, 9.17) is 21.6 Å². The van der Waals surface area contributed by atoms with Crippen LogP contribution in [0.15, 0.2) is 34.3 Å². The molecule has 1 N–H and O–H groups in total. The second kappa shape index (κ2) is 10.1. The van der Waals surface area contributed by atoms with Gasteiger partial charge in [0.25, 0.3) is 15.6 Å². The van der Waals surface area contributed by atoms with Crippen LogP contribution in [0.4, 0.5) is 14.5 Å². The van der Waals surface area contributed by atoms with Crippen LogP contribution in [-0.2, 0) is 14.8 Å². The number of hydrogen-bond acceptors (Lipinski definition) is 8. The van der Waals surface area contributed by atoms with Gasteiger partial charge in [0.2, 0.25) is 0 Å². The number of rotatable bonds is 6. The second-order valence-corrected chi connectivity index (χ2v) is 10.8. The molecule has 0 bridgehead atoms. The highest BCUT2D eigenvalue weighted by atomic mass is 35.5. The first-order valence-corrected chi connectivity index (χ1v) is 12.7. The van der Waals surface area contributed by atoms with Crippen molar-refractivity contribution in [2.45, 2.75) is 42.2 Å². The lowest BCUT2D eigenvalue weighted by atomic mass is 9.99. The number of aromatic nitrogens is 3. The van der Waals surface area contributed by atoms with Crippen LogP contribution < -0.4 is 10.9 Å². The van der Waals surface area contributed by atoms with E-state index in [1.165, 1.54) is 18.3 Å². The van der Waals surface area contributed by atoms with E-state index in [0.717, 1.165) is 15.2 Å². The molecule has 2 aromatic heterocycles. The molecule has 2 aromatic rings. The third-order valence-electron chi connectivity index (χ3n) is 6.07. The van der Waals surface area contributed by atoms with E-state index in [-0.39, 0.29) is 47.4 Å². The highest BCUT2D eigenvalue weighted by molar-refractivity contribution is 7.89. The molecule has 10 nitrogen and oxygen atoms in total. The number of nitrogens with one attached hydrogen (secondary N) is 1. The van der Waals surface area contributed by atoms with Gasteiger partial charge in [0.15, 0.2) is 10.7 Å². The zero-order valence-electron chi connectivity index (χ0n) is 18.5. The zero-order valence-corrected chi connectivity index (χ0v) is 20.1. The van der Waals surface area contributed by atoms with Gasteiger partial charge in [0.1, 0.15) is 17.3 Å². The van der Waals surface area contributed by atoms with E-state index in [0.29, 0.717) is 19.4 Å². The van der Waals surface area contributed by atoms with Crippen molar-refractivity contribution in [1.29, 1.82) is 5.26 Å². The van der Waals surface area contributed by atoms with Gasteiger partial charge < -0.3 is 10.1 Å². The zero-order chi connectivity index (χ0) is 25.2. The Bertz CT molecular complexity index is 1280. The topological polar surface area (TPSA) is 130 Å². The van der Waals surface area contributed by atoms with Crippen molar-refractivity contribution in [1.82, 2.24) is 19.1 Å². The second-order valence-electron chi connectivity index (χ2n) is 8.51. The van der Waals surface area contributed by atoms with Crippen LogP contribution in [0.5, 0.6) is 0 Å². The Hall–Kier alpha value is -2.66. The van der Waals surface area contributed by atoms with E-state index in [1.807, 2.05) is 6.07 Å². The number of anilines is 1. The smallest absolute Gasteiger partial charge is 0.288 e. The van der Waals surface area contributed by atoms with Crippen LogP contribution >= 0.6 is 11.6 Å². The number of hydrogen-bond donors (Lipinski definition) is 1. The molecule has 14 heteroatoms. The third kappa shape index (κ3) is 5.30. The summed E-state index contributed by atoms with van der Waals surface area (Å²) in [5, 5.41) is 15.1. The average molecular weight is 529 g/mol. The lowest BCUT2D eigenvalue weighted by Gasteiger charge is -2.34. The Morgan fingerprint density at radius 3 is 2.80 bits per heavy atom. The minimum atomic E-state index is -4.09. The molecule has 4 heterocycles. The van der Waals surface area contributed by atoms with Crippen molar-refractivity contribution in [3.05, 3.63) is 45.5 Å². The number of ether oxygens (including phenoxy) is 1. The van der Waals surface area contributed by atoms with E-state index in [2.05, 4.69) is 15.4 Å². The number of nitrogens with zero attached hydrogens (tertiary/aromatic N) is 5. The van der Waals surface area contributed by atoms with Gasteiger partial charge in [-0.05, 0) is 31.4 Å². The molecule has 188 valence electrons. The van der Waals surface area contributed by atoms with E-state index in [9.17, 15) is 17.6 Å². The molecule has 0 aromatic carbocycles. The van der Waals surface area contributed by atoms with Gasteiger partial charge in [-0.2, -0.15) is 14.7 Å². The summed E-state index contributed by atoms with van der Waals surface area (Å²) in [4.78, 5) is 16.6. The molecule has 0 radical (unpaired) electrons. The first kappa shape index (κ1) is 25.4. The fourth-order valence-corrected chi connectivity index (χ4v) is 5.68. The number of alkyl halides is 2. The van der Waals surface area contributed by atoms with E-state index < -0.39 is 40.0 Å². The van der Waals surface area contributed by atoms with Crippen molar-refractivity contribution in [2.24, 2.45) is 0 Å². The summed E-state index contributed by atoms with van der Waals surface area (Å²) in [6.45, 7) is -0.275. The molecule has 0 amide bonds. The maximum absolute atomic E-state index is 15.1. The summed E-state index contributed by atoms with van der Waals surface area (Å²) in [6.07, 6.45) is 1.47. The van der Waals surface area contributed by atoms with E-state index >= 15 is 4.39 Å². The molecule has 0 spiro atoms. The maximum Gasteiger partial charge on any atom is 0.288 e. The van der Waals surface area contributed by atoms with Crippen molar-refractivity contribution in [2.75, 3.05) is 38.2 Å².